The van der Waals surface area contributed by atoms with Crippen LogP contribution < -0.4 is 10.1 Å². The molecule has 8 nitrogen and oxygen atoms in total. The molecule has 2 aromatic rings. The van der Waals surface area contributed by atoms with E-state index in [-0.39, 0.29) is 12.2 Å². The number of nitrogens with zero attached hydrogens (tertiary/aromatic N) is 4. The van der Waals surface area contributed by atoms with Crippen LogP contribution in [0.5, 0.6) is 5.75 Å². The summed E-state index contributed by atoms with van der Waals surface area (Å²) in [4.78, 5) is 17.0. The Morgan fingerprint density at radius 2 is 1.76 bits per heavy atom. The Kier molecular flexibility index (Phi) is 5.97. The molecule has 2 saturated carbocycles. The first-order valence-corrected chi connectivity index (χ1v) is 10.6. The van der Waals surface area contributed by atoms with Crippen molar-refractivity contribution in [2.24, 2.45) is 7.05 Å². The fraction of sp³-hybridized carbons (Fsp3) is 0.619. The van der Waals surface area contributed by atoms with Gasteiger partial charge in [0.1, 0.15) is 11.9 Å². The number of ether oxygens (including phenoxy) is 2. The quantitative estimate of drug-likeness (QED) is 0.802. The third kappa shape index (κ3) is 4.68. The summed E-state index contributed by atoms with van der Waals surface area (Å²) in [5.41, 5.74) is 1.96. The number of hydrogen-bond donors (Lipinski definition) is 1. The molecule has 0 unspecified atom stereocenters. The molecule has 2 aliphatic carbocycles. The number of pyridine rings is 1. The third-order valence-corrected chi connectivity index (χ3v) is 5.75. The van der Waals surface area contributed by atoms with E-state index in [4.69, 9.17) is 9.47 Å². The molecule has 0 atom stereocenters. The van der Waals surface area contributed by atoms with Crippen LogP contribution in [-0.4, -0.2) is 38.3 Å². The maximum absolute atomic E-state index is 12.3. The summed E-state index contributed by atoms with van der Waals surface area (Å²) in [7, 11) is 1.73. The highest BCUT2D eigenvalue weighted by Crippen LogP contribution is 2.29. The maximum atomic E-state index is 12.3. The Balaban J connectivity index is 1.48. The van der Waals surface area contributed by atoms with Crippen molar-refractivity contribution in [2.75, 3.05) is 5.32 Å². The van der Waals surface area contributed by atoms with E-state index in [1.807, 2.05) is 19.1 Å². The van der Waals surface area contributed by atoms with Crippen molar-refractivity contribution in [3.8, 4) is 17.1 Å². The van der Waals surface area contributed by atoms with Crippen molar-refractivity contribution < 1.29 is 14.3 Å². The van der Waals surface area contributed by atoms with Gasteiger partial charge >= 0.3 is 6.09 Å². The van der Waals surface area contributed by atoms with Crippen LogP contribution >= 0.6 is 0 Å². The number of aryl methyl sites for hydroxylation is 2. The van der Waals surface area contributed by atoms with Gasteiger partial charge in [0.15, 0.2) is 11.5 Å². The molecule has 0 saturated heterocycles. The predicted octanol–water partition coefficient (Wildman–Crippen LogP) is 4.39. The zero-order chi connectivity index (χ0) is 20.2. The van der Waals surface area contributed by atoms with Crippen LogP contribution in [0, 0.1) is 6.92 Å². The monoisotopic (exact) mass is 399 g/mol. The Morgan fingerprint density at radius 3 is 2.48 bits per heavy atom. The molecule has 0 spiro atoms. The first-order chi connectivity index (χ1) is 14.1. The minimum Gasteiger partial charge on any atom is -0.489 e. The molecule has 2 heterocycles. The van der Waals surface area contributed by atoms with Gasteiger partial charge in [-0.15, -0.1) is 5.10 Å². The lowest BCUT2D eigenvalue weighted by atomic mass is 9.98. The number of rotatable bonds is 5. The summed E-state index contributed by atoms with van der Waals surface area (Å²) in [5, 5.41) is 11.0. The Bertz CT molecular complexity index is 854. The molecule has 2 aliphatic rings. The lowest BCUT2D eigenvalue weighted by Gasteiger charge is -2.23. The molecule has 29 heavy (non-hydrogen) atoms. The molecule has 0 radical (unpaired) electrons. The van der Waals surface area contributed by atoms with Crippen molar-refractivity contribution in [2.45, 2.75) is 76.9 Å². The molecule has 8 heteroatoms. The SMILES string of the molecule is Cc1nc(-c2nnn(C)c2NC(=O)OC2CCCC2)ccc1OC1CCCCC1. The van der Waals surface area contributed by atoms with Gasteiger partial charge in [0.2, 0.25) is 0 Å². The van der Waals surface area contributed by atoms with Crippen LogP contribution in [-0.2, 0) is 11.8 Å². The summed E-state index contributed by atoms with van der Waals surface area (Å²) in [5.74, 6) is 1.28. The number of nitrogens with one attached hydrogen (secondary N) is 1. The number of carbonyl (C=O) groups is 1. The van der Waals surface area contributed by atoms with Gasteiger partial charge in [-0.2, -0.15) is 0 Å². The fourth-order valence-corrected chi connectivity index (χ4v) is 4.12. The second-order valence-corrected chi connectivity index (χ2v) is 8.00. The molecule has 1 N–H and O–H groups in total. The predicted molar refractivity (Wildman–Crippen MR) is 109 cm³/mol. The van der Waals surface area contributed by atoms with Crippen molar-refractivity contribution >= 4 is 11.9 Å². The topological polar surface area (TPSA) is 91.2 Å². The molecule has 4 rings (SSSR count). The average Bonchev–Trinajstić information content (AvgIpc) is 3.35. The largest absolute Gasteiger partial charge is 0.489 e. The zero-order valence-corrected chi connectivity index (χ0v) is 17.2. The van der Waals surface area contributed by atoms with E-state index in [1.165, 1.54) is 23.9 Å². The minimum absolute atomic E-state index is 0.00349. The second-order valence-electron chi connectivity index (χ2n) is 8.00. The maximum Gasteiger partial charge on any atom is 0.413 e. The van der Waals surface area contributed by atoms with Crippen molar-refractivity contribution in [1.29, 1.82) is 0 Å². The van der Waals surface area contributed by atoms with Crippen LogP contribution in [0.1, 0.15) is 63.5 Å². The Labute approximate surface area is 171 Å². The normalized spacial score (nSPS) is 18.0. The Morgan fingerprint density at radius 1 is 1.07 bits per heavy atom. The number of hydrogen-bond acceptors (Lipinski definition) is 6. The van der Waals surface area contributed by atoms with Crippen molar-refractivity contribution in [3.63, 3.8) is 0 Å². The van der Waals surface area contributed by atoms with Gasteiger partial charge in [0.05, 0.1) is 17.5 Å². The van der Waals surface area contributed by atoms with Gasteiger partial charge in [0.25, 0.3) is 0 Å². The number of anilines is 1. The molecule has 0 bridgehead atoms. The molecule has 0 aliphatic heterocycles. The van der Waals surface area contributed by atoms with Gasteiger partial charge < -0.3 is 9.47 Å². The van der Waals surface area contributed by atoms with E-state index in [1.54, 1.807) is 7.05 Å². The lowest BCUT2D eigenvalue weighted by Crippen LogP contribution is -2.21. The molecular weight excluding hydrogens is 370 g/mol. The molecule has 1 amide bonds. The van der Waals surface area contributed by atoms with Gasteiger partial charge in [-0.25, -0.2) is 14.5 Å². The smallest absolute Gasteiger partial charge is 0.413 e. The van der Waals surface area contributed by atoms with Crippen LogP contribution in [0.3, 0.4) is 0 Å². The third-order valence-electron chi connectivity index (χ3n) is 5.75. The summed E-state index contributed by atoms with van der Waals surface area (Å²) < 4.78 is 13.2. The highest BCUT2D eigenvalue weighted by molar-refractivity contribution is 5.88. The second kappa shape index (κ2) is 8.80. The summed E-state index contributed by atoms with van der Waals surface area (Å²) >= 11 is 0. The van der Waals surface area contributed by atoms with E-state index in [9.17, 15) is 4.79 Å². The van der Waals surface area contributed by atoms with Gasteiger partial charge in [-0.05, 0) is 70.4 Å². The Hall–Kier alpha value is -2.64. The first-order valence-electron chi connectivity index (χ1n) is 10.6. The molecule has 2 aromatic heterocycles. The van der Waals surface area contributed by atoms with E-state index in [0.717, 1.165) is 50.0 Å². The van der Waals surface area contributed by atoms with Crippen LogP contribution in [0.25, 0.3) is 11.4 Å². The lowest BCUT2D eigenvalue weighted by molar-refractivity contribution is 0.114. The van der Waals surface area contributed by atoms with Crippen molar-refractivity contribution in [3.05, 3.63) is 17.8 Å². The van der Waals surface area contributed by atoms with E-state index >= 15 is 0 Å². The van der Waals surface area contributed by atoms with Gasteiger partial charge in [0, 0.05) is 7.05 Å². The summed E-state index contributed by atoms with van der Waals surface area (Å²) in [6, 6.07) is 3.80. The molecule has 2 fully saturated rings. The van der Waals surface area contributed by atoms with Gasteiger partial charge in [-0.1, -0.05) is 11.6 Å². The average molecular weight is 399 g/mol. The highest BCUT2D eigenvalue weighted by atomic mass is 16.6. The number of carbonyl (C=O) groups excluding carboxylic acids is 1. The fourth-order valence-electron chi connectivity index (χ4n) is 4.12. The summed E-state index contributed by atoms with van der Waals surface area (Å²) in [6.07, 6.45) is 9.79. The minimum atomic E-state index is -0.475. The van der Waals surface area contributed by atoms with Crippen LogP contribution in [0.2, 0.25) is 0 Å². The number of aromatic nitrogens is 4. The zero-order valence-electron chi connectivity index (χ0n) is 17.2. The molecular formula is C21H29N5O3. The van der Waals surface area contributed by atoms with Crippen molar-refractivity contribution in [1.82, 2.24) is 20.0 Å². The first kappa shape index (κ1) is 19.7. The highest BCUT2D eigenvalue weighted by Gasteiger charge is 2.23. The standard InChI is InChI=1S/C21H29N5O3/c1-14-18(28-15-8-4-3-5-9-15)13-12-17(22-14)19-20(26(2)25-24-19)23-21(27)29-16-10-6-7-11-16/h12-13,15-16H,3-11H2,1-2H3,(H,23,27). The number of amides is 1. The van der Waals surface area contributed by atoms with Crippen LogP contribution in [0.15, 0.2) is 12.1 Å². The molecule has 0 aromatic carbocycles. The van der Waals surface area contributed by atoms with E-state index in [2.05, 4.69) is 20.6 Å². The molecule has 156 valence electrons. The summed E-state index contributed by atoms with van der Waals surface area (Å²) in [6.45, 7) is 1.93. The van der Waals surface area contributed by atoms with E-state index in [0.29, 0.717) is 17.2 Å². The van der Waals surface area contributed by atoms with E-state index < -0.39 is 6.09 Å². The van der Waals surface area contributed by atoms with Gasteiger partial charge in [-0.3, -0.25) is 5.32 Å². The van der Waals surface area contributed by atoms with Crippen LogP contribution in [0.4, 0.5) is 10.6 Å².